The third-order valence-electron chi connectivity index (χ3n) is 3.61. The van der Waals surface area contributed by atoms with Gasteiger partial charge in [0.15, 0.2) is 0 Å². The van der Waals surface area contributed by atoms with Crippen LogP contribution in [0.3, 0.4) is 0 Å². The largest absolute Gasteiger partial charge is 0.388 e. The summed E-state index contributed by atoms with van der Waals surface area (Å²) in [6.07, 6.45) is 6.91. The van der Waals surface area contributed by atoms with Crippen LogP contribution < -0.4 is 0 Å². The minimum absolute atomic E-state index is 0.279. The maximum Gasteiger partial charge on any atom is 0.0807 e. The summed E-state index contributed by atoms with van der Waals surface area (Å²) in [4.78, 5) is 1.27. The SMILES string of the molecule is CSc1cccc(-n2ccc3c2CCCC3O)c1. The number of fused-ring (bicyclic) bond motifs is 1. The van der Waals surface area contributed by atoms with Gasteiger partial charge >= 0.3 is 0 Å². The number of hydrogen-bond donors (Lipinski definition) is 1. The summed E-state index contributed by atoms with van der Waals surface area (Å²) >= 11 is 1.76. The van der Waals surface area contributed by atoms with Gasteiger partial charge in [-0.25, -0.2) is 0 Å². The smallest absolute Gasteiger partial charge is 0.0807 e. The molecule has 0 saturated carbocycles. The molecule has 0 amide bonds. The highest BCUT2D eigenvalue weighted by atomic mass is 32.2. The molecule has 1 aromatic heterocycles. The number of aliphatic hydroxyl groups is 1. The molecule has 1 unspecified atom stereocenters. The first-order chi connectivity index (χ1) is 8.79. The normalized spacial score (nSPS) is 18.7. The molecule has 0 saturated heterocycles. The lowest BCUT2D eigenvalue weighted by molar-refractivity contribution is 0.156. The standard InChI is InChI=1S/C15H17NOS/c1-18-12-5-2-4-11(10-12)16-9-8-13-14(16)6-3-7-15(13)17/h2,4-5,8-10,15,17H,3,6-7H2,1H3. The minimum atomic E-state index is -0.279. The first-order valence-electron chi connectivity index (χ1n) is 6.32. The number of hydrogen-bond acceptors (Lipinski definition) is 2. The van der Waals surface area contributed by atoms with Gasteiger partial charge in [0.05, 0.1) is 6.10 Å². The Morgan fingerprint density at radius 3 is 3.06 bits per heavy atom. The summed E-state index contributed by atoms with van der Waals surface area (Å²) in [6.45, 7) is 0. The highest BCUT2D eigenvalue weighted by Crippen LogP contribution is 2.32. The van der Waals surface area contributed by atoms with Crippen molar-refractivity contribution in [2.45, 2.75) is 30.3 Å². The fourth-order valence-electron chi connectivity index (χ4n) is 2.67. The molecule has 3 rings (SSSR count). The van der Waals surface area contributed by atoms with E-state index in [0.717, 1.165) is 24.8 Å². The van der Waals surface area contributed by atoms with E-state index in [1.54, 1.807) is 11.8 Å². The van der Waals surface area contributed by atoms with Crippen molar-refractivity contribution in [3.63, 3.8) is 0 Å². The zero-order valence-electron chi connectivity index (χ0n) is 10.5. The van der Waals surface area contributed by atoms with Crippen LogP contribution in [0.15, 0.2) is 41.4 Å². The summed E-state index contributed by atoms with van der Waals surface area (Å²) in [5, 5.41) is 10.0. The molecule has 1 aromatic carbocycles. The molecular weight excluding hydrogens is 242 g/mol. The molecule has 0 fully saturated rings. The van der Waals surface area contributed by atoms with Gasteiger partial charge in [-0.05, 0) is 49.8 Å². The number of aromatic nitrogens is 1. The third-order valence-corrected chi connectivity index (χ3v) is 4.33. The van der Waals surface area contributed by atoms with Gasteiger partial charge in [0.2, 0.25) is 0 Å². The van der Waals surface area contributed by atoms with E-state index in [0.29, 0.717) is 0 Å². The topological polar surface area (TPSA) is 25.2 Å². The van der Waals surface area contributed by atoms with Crippen molar-refractivity contribution in [1.82, 2.24) is 4.57 Å². The van der Waals surface area contributed by atoms with Crippen molar-refractivity contribution < 1.29 is 5.11 Å². The zero-order chi connectivity index (χ0) is 12.5. The molecule has 94 valence electrons. The molecule has 2 aromatic rings. The van der Waals surface area contributed by atoms with E-state index in [1.165, 1.54) is 16.3 Å². The molecule has 2 nitrogen and oxygen atoms in total. The van der Waals surface area contributed by atoms with Crippen LogP contribution in [0.2, 0.25) is 0 Å². The van der Waals surface area contributed by atoms with E-state index in [2.05, 4.69) is 47.4 Å². The van der Waals surface area contributed by atoms with E-state index in [4.69, 9.17) is 0 Å². The van der Waals surface area contributed by atoms with E-state index in [9.17, 15) is 5.11 Å². The quantitative estimate of drug-likeness (QED) is 0.834. The lowest BCUT2D eigenvalue weighted by Gasteiger charge is -2.20. The van der Waals surface area contributed by atoms with Crippen molar-refractivity contribution >= 4 is 11.8 Å². The van der Waals surface area contributed by atoms with Crippen molar-refractivity contribution in [3.05, 3.63) is 47.8 Å². The van der Waals surface area contributed by atoms with Gasteiger partial charge in [-0.2, -0.15) is 0 Å². The second-order valence-corrected chi connectivity index (χ2v) is 5.58. The third kappa shape index (κ3) is 1.98. The van der Waals surface area contributed by atoms with Crippen LogP contribution in [0.4, 0.5) is 0 Å². The van der Waals surface area contributed by atoms with Crippen molar-refractivity contribution in [2.75, 3.05) is 6.26 Å². The molecule has 1 aliphatic rings. The highest BCUT2D eigenvalue weighted by molar-refractivity contribution is 7.98. The maximum absolute atomic E-state index is 10.0. The fourth-order valence-corrected chi connectivity index (χ4v) is 3.12. The van der Waals surface area contributed by atoms with E-state index < -0.39 is 0 Å². The zero-order valence-corrected chi connectivity index (χ0v) is 11.3. The van der Waals surface area contributed by atoms with Gasteiger partial charge in [-0.15, -0.1) is 11.8 Å². The van der Waals surface area contributed by atoms with Gasteiger partial charge in [0, 0.05) is 28.0 Å². The predicted molar refractivity (Wildman–Crippen MR) is 75.4 cm³/mol. The number of thioether (sulfide) groups is 1. The van der Waals surface area contributed by atoms with Crippen LogP contribution >= 0.6 is 11.8 Å². The molecule has 1 aliphatic carbocycles. The summed E-state index contributed by atoms with van der Waals surface area (Å²) in [5.41, 5.74) is 3.57. The monoisotopic (exact) mass is 259 g/mol. The van der Waals surface area contributed by atoms with Crippen LogP contribution in [0.25, 0.3) is 5.69 Å². The molecule has 0 bridgehead atoms. The first-order valence-corrected chi connectivity index (χ1v) is 7.54. The molecule has 0 aliphatic heterocycles. The minimum Gasteiger partial charge on any atom is -0.388 e. The molecule has 1 atom stereocenters. The van der Waals surface area contributed by atoms with Crippen LogP contribution in [0, 0.1) is 0 Å². The van der Waals surface area contributed by atoms with Gasteiger partial charge < -0.3 is 9.67 Å². The van der Waals surface area contributed by atoms with Crippen molar-refractivity contribution in [3.8, 4) is 5.69 Å². The van der Waals surface area contributed by atoms with E-state index in [1.807, 2.05) is 0 Å². The Morgan fingerprint density at radius 1 is 1.33 bits per heavy atom. The summed E-state index contributed by atoms with van der Waals surface area (Å²) in [5.74, 6) is 0. The number of rotatable bonds is 2. The molecule has 0 radical (unpaired) electrons. The second-order valence-electron chi connectivity index (χ2n) is 4.70. The average molecular weight is 259 g/mol. The highest BCUT2D eigenvalue weighted by Gasteiger charge is 2.21. The maximum atomic E-state index is 10.0. The van der Waals surface area contributed by atoms with Crippen molar-refractivity contribution in [1.29, 1.82) is 0 Å². The van der Waals surface area contributed by atoms with Crippen LogP contribution in [-0.2, 0) is 6.42 Å². The summed E-state index contributed by atoms with van der Waals surface area (Å²) < 4.78 is 2.22. The van der Waals surface area contributed by atoms with E-state index >= 15 is 0 Å². The Hall–Kier alpha value is -1.19. The lowest BCUT2D eigenvalue weighted by atomic mass is 9.95. The lowest BCUT2D eigenvalue weighted by Crippen LogP contribution is -2.10. The fraction of sp³-hybridized carbons (Fsp3) is 0.333. The van der Waals surface area contributed by atoms with Gasteiger partial charge in [0.1, 0.15) is 0 Å². The molecule has 1 heterocycles. The van der Waals surface area contributed by atoms with Gasteiger partial charge in [0.25, 0.3) is 0 Å². The Balaban J connectivity index is 2.06. The number of benzene rings is 1. The van der Waals surface area contributed by atoms with Crippen LogP contribution in [-0.4, -0.2) is 15.9 Å². The Kier molecular flexibility index (Phi) is 3.18. The second kappa shape index (κ2) is 4.82. The predicted octanol–water partition coefficient (Wildman–Crippen LogP) is 3.57. The van der Waals surface area contributed by atoms with Crippen LogP contribution in [0.1, 0.15) is 30.2 Å². The molecule has 0 spiro atoms. The van der Waals surface area contributed by atoms with Crippen molar-refractivity contribution in [2.24, 2.45) is 0 Å². The molecule has 3 heteroatoms. The Bertz CT molecular complexity index is 561. The van der Waals surface area contributed by atoms with Gasteiger partial charge in [-0.1, -0.05) is 6.07 Å². The molecule has 18 heavy (non-hydrogen) atoms. The summed E-state index contributed by atoms with van der Waals surface area (Å²) in [7, 11) is 0. The Morgan fingerprint density at radius 2 is 2.22 bits per heavy atom. The molecular formula is C15H17NOS. The van der Waals surface area contributed by atoms with Crippen LogP contribution in [0.5, 0.6) is 0 Å². The number of aliphatic hydroxyl groups excluding tert-OH is 1. The number of nitrogens with zero attached hydrogens (tertiary/aromatic N) is 1. The average Bonchev–Trinajstić information content (AvgIpc) is 2.84. The first kappa shape index (κ1) is 11.9. The van der Waals surface area contributed by atoms with Gasteiger partial charge in [-0.3, -0.25) is 0 Å². The summed E-state index contributed by atoms with van der Waals surface area (Å²) in [6, 6.07) is 10.6. The van der Waals surface area contributed by atoms with E-state index in [-0.39, 0.29) is 6.10 Å². The molecule has 1 N–H and O–H groups in total. The Labute approximate surface area is 112 Å².